The first-order chi connectivity index (χ1) is 9.20. The number of benzene rings is 1. The van der Waals surface area contributed by atoms with E-state index in [-0.39, 0.29) is 6.61 Å². The number of hydrogen-bond acceptors (Lipinski definition) is 5. The summed E-state index contributed by atoms with van der Waals surface area (Å²) < 4.78 is 4.60. The highest BCUT2D eigenvalue weighted by Gasteiger charge is 2.14. The number of amides is 1. The minimum Gasteiger partial charge on any atom is -0.459 e. The Morgan fingerprint density at radius 3 is 2.63 bits per heavy atom. The van der Waals surface area contributed by atoms with Crippen LogP contribution in [0.15, 0.2) is 35.8 Å². The first kappa shape index (κ1) is 13.2. The summed E-state index contributed by atoms with van der Waals surface area (Å²) in [5.74, 6) is -1.66. The second-order valence-corrected chi connectivity index (χ2v) is 4.48. The number of ether oxygens (including phenoxy) is 1. The highest BCUT2D eigenvalue weighted by atomic mass is 32.1. The van der Waals surface area contributed by atoms with E-state index in [4.69, 9.17) is 0 Å². The van der Waals surface area contributed by atoms with Gasteiger partial charge in [0, 0.05) is 22.8 Å². The van der Waals surface area contributed by atoms with E-state index >= 15 is 0 Å². The second-order valence-electron chi connectivity index (χ2n) is 3.59. The van der Waals surface area contributed by atoms with Crippen LogP contribution in [0.2, 0.25) is 0 Å². The highest BCUT2D eigenvalue weighted by molar-refractivity contribution is 7.13. The summed E-state index contributed by atoms with van der Waals surface area (Å²) in [7, 11) is 0. The third kappa shape index (κ3) is 3.38. The topological polar surface area (TPSA) is 68.3 Å². The molecule has 0 fully saturated rings. The number of carbonyl (C=O) groups is 2. The quantitative estimate of drug-likeness (QED) is 0.690. The van der Waals surface area contributed by atoms with Gasteiger partial charge in [-0.1, -0.05) is 0 Å². The summed E-state index contributed by atoms with van der Waals surface area (Å²) in [6, 6.07) is 7.10. The number of thiazole rings is 1. The van der Waals surface area contributed by atoms with Gasteiger partial charge in [0.05, 0.1) is 6.61 Å². The van der Waals surface area contributed by atoms with Crippen molar-refractivity contribution in [3.8, 4) is 10.6 Å². The molecule has 1 aromatic heterocycles. The minimum atomic E-state index is -0.883. The molecule has 0 radical (unpaired) electrons. The Morgan fingerprint density at radius 1 is 1.32 bits per heavy atom. The maximum absolute atomic E-state index is 11.4. The molecule has 5 nitrogen and oxygen atoms in total. The molecule has 1 heterocycles. The van der Waals surface area contributed by atoms with Gasteiger partial charge in [-0.3, -0.25) is 4.79 Å². The lowest BCUT2D eigenvalue weighted by atomic mass is 10.2. The lowest BCUT2D eigenvalue weighted by Gasteiger charge is -2.05. The van der Waals surface area contributed by atoms with E-state index in [2.05, 4.69) is 15.0 Å². The largest absolute Gasteiger partial charge is 0.459 e. The first-order valence-electron chi connectivity index (χ1n) is 5.68. The summed E-state index contributed by atoms with van der Waals surface area (Å²) in [6.07, 6.45) is 1.73. The van der Waals surface area contributed by atoms with Crippen LogP contribution in [0.1, 0.15) is 6.92 Å². The third-order valence-corrected chi connectivity index (χ3v) is 3.11. The number of hydrogen-bond donors (Lipinski definition) is 1. The van der Waals surface area contributed by atoms with Gasteiger partial charge in [0.15, 0.2) is 0 Å². The summed E-state index contributed by atoms with van der Waals surface area (Å²) >= 11 is 1.53. The Kier molecular flexibility index (Phi) is 4.25. The van der Waals surface area contributed by atoms with E-state index in [0.29, 0.717) is 5.69 Å². The summed E-state index contributed by atoms with van der Waals surface area (Å²) in [5, 5.41) is 5.27. The lowest BCUT2D eigenvalue weighted by molar-refractivity contribution is -0.152. The van der Waals surface area contributed by atoms with Crippen LogP contribution < -0.4 is 5.32 Å². The Balaban J connectivity index is 2.03. The van der Waals surface area contributed by atoms with Gasteiger partial charge >= 0.3 is 11.9 Å². The Bertz CT molecular complexity index is 564. The number of anilines is 1. The Morgan fingerprint density at radius 2 is 2.05 bits per heavy atom. The third-order valence-electron chi connectivity index (χ3n) is 2.28. The first-order valence-corrected chi connectivity index (χ1v) is 6.56. The van der Waals surface area contributed by atoms with Gasteiger partial charge in [0.2, 0.25) is 0 Å². The zero-order chi connectivity index (χ0) is 13.7. The van der Waals surface area contributed by atoms with Crippen molar-refractivity contribution in [1.82, 2.24) is 4.98 Å². The smallest absolute Gasteiger partial charge is 0.397 e. The van der Waals surface area contributed by atoms with Gasteiger partial charge in [0.1, 0.15) is 5.01 Å². The number of esters is 1. The molecule has 1 aromatic carbocycles. The van der Waals surface area contributed by atoms with Crippen LogP contribution in [0.25, 0.3) is 10.6 Å². The van der Waals surface area contributed by atoms with Crippen molar-refractivity contribution < 1.29 is 14.3 Å². The molecule has 2 rings (SSSR count). The van der Waals surface area contributed by atoms with Gasteiger partial charge in [-0.2, -0.15) is 0 Å². The second kappa shape index (κ2) is 6.10. The molecular formula is C13H12N2O3S. The molecule has 1 N–H and O–H groups in total. The molecule has 0 aliphatic carbocycles. The molecular weight excluding hydrogens is 264 g/mol. The maximum Gasteiger partial charge on any atom is 0.397 e. The van der Waals surface area contributed by atoms with E-state index in [1.54, 1.807) is 25.3 Å². The van der Waals surface area contributed by atoms with Gasteiger partial charge < -0.3 is 10.1 Å². The fraction of sp³-hybridized carbons (Fsp3) is 0.154. The number of carbonyl (C=O) groups excluding carboxylic acids is 2. The highest BCUT2D eigenvalue weighted by Crippen LogP contribution is 2.23. The predicted molar refractivity (Wildman–Crippen MR) is 72.8 cm³/mol. The minimum absolute atomic E-state index is 0.176. The van der Waals surface area contributed by atoms with Gasteiger partial charge in [-0.15, -0.1) is 11.3 Å². The van der Waals surface area contributed by atoms with E-state index in [0.717, 1.165) is 10.6 Å². The van der Waals surface area contributed by atoms with Crippen molar-refractivity contribution in [1.29, 1.82) is 0 Å². The number of nitrogens with one attached hydrogen (secondary N) is 1. The average Bonchev–Trinajstić information content (AvgIpc) is 2.94. The fourth-order valence-electron chi connectivity index (χ4n) is 1.44. The molecule has 0 unspecified atom stereocenters. The number of aromatic nitrogens is 1. The standard InChI is InChI=1S/C13H12N2O3S/c1-2-18-13(17)11(16)15-10-5-3-9(4-6-10)12-14-7-8-19-12/h3-8H,2H2,1H3,(H,15,16). The summed E-state index contributed by atoms with van der Waals surface area (Å²) in [4.78, 5) is 26.8. The Labute approximate surface area is 114 Å². The van der Waals surface area contributed by atoms with Crippen LogP contribution in [0.5, 0.6) is 0 Å². The van der Waals surface area contributed by atoms with E-state index in [9.17, 15) is 9.59 Å². The van der Waals surface area contributed by atoms with E-state index in [1.807, 2.05) is 17.5 Å². The van der Waals surface area contributed by atoms with E-state index < -0.39 is 11.9 Å². The van der Waals surface area contributed by atoms with Crippen molar-refractivity contribution >= 4 is 28.9 Å². The summed E-state index contributed by atoms with van der Waals surface area (Å²) in [5.41, 5.74) is 1.50. The molecule has 19 heavy (non-hydrogen) atoms. The fourth-order valence-corrected chi connectivity index (χ4v) is 2.09. The van der Waals surface area contributed by atoms with Crippen LogP contribution in [0.4, 0.5) is 5.69 Å². The maximum atomic E-state index is 11.4. The van der Waals surface area contributed by atoms with Crippen LogP contribution in [0, 0.1) is 0 Å². The van der Waals surface area contributed by atoms with Gasteiger partial charge in [-0.05, 0) is 31.2 Å². The molecule has 98 valence electrons. The van der Waals surface area contributed by atoms with Crippen molar-refractivity contribution in [2.45, 2.75) is 6.92 Å². The van der Waals surface area contributed by atoms with Gasteiger partial charge in [0.25, 0.3) is 0 Å². The molecule has 0 atom stereocenters. The molecule has 0 saturated heterocycles. The zero-order valence-corrected chi connectivity index (χ0v) is 11.1. The molecule has 0 bridgehead atoms. The number of rotatable bonds is 3. The van der Waals surface area contributed by atoms with Crippen LogP contribution in [-0.4, -0.2) is 23.5 Å². The molecule has 0 aliphatic rings. The van der Waals surface area contributed by atoms with E-state index in [1.165, 1.54) is 11.3 Å². The van der Waals surface area contributed by atoms with Crippen molar-refractivity contribution in [2.24, 2.45) is 0 Å². The van der Waals surface area contributed by atoms with Crippen molar-refractivity contribution in [2.75, 3.05) is 11.9 Å². The molecule has 0 spiro atoms. The zero-order valence-electron chi connectivity index (χ0n) is 10.3. The predicted octanol–water partition coefficient (Wildman–Crippen LogP) is 2.31. The van der Waals surface area contributed by atoms with Crippen molar-refractivity contribution in [3.63, 3.8) is 0 Å². The lowest BCUT2D eigenvalue weighted by Crippen LogP contribution is -2.24. The molecule has 0 saturated carbocycles. The molecule has 1 amide bonds. The normalized spacial score (nSPS) is 9.95. The monoisotopic (exact) mass is 276 g/mol. The van der Waals surface area contributed by atoms with Crippen LogP contribution >= 0.6 is 11.3 Å². The van der Waals surface area contributed by atoms with Crippen LogP contribution in [-0.2, 0) is 14.3 Å². The molecule has 6 heteroatoms. The van der Waals surface area contributed by atoms with Gasteiger partial charge in [-0.25, -0.2) is 9.78 Å². The number of nitrogens with zero attached hydrogens (tertiary/aromatic N) is 1. The summed E-state index contributed by atoms with van der Waals surface area (Å²) in [6.45, 7) is 1.82. The van der Waals surface area contributed by atoms with Crippen LogP contribution in [0.3, 0.4) is 0 Å². The Hall–Kier alpha value is -2.21. The molecule has 2 aromatic rings. The SMILES string of the molecule is CCOC(=O)C(=O)Nc1ccc(-c2nccs2)cc1. The average molecular weight is 276 g/mol. The molecule has 0 aliphatic heterocycles. The van der Waals surface area contributed by atoms with Crippen molar-refractivity contribution in [3.05, 3.63) is 35.8 Å².